The van der Waals surface area contributed by atoms with Gasteiger partial charge in [0.05, 0.1) is 0 Å². The lowest BCUT2D eigenvalue weighted by Crippen LogP contribution is -2.35. The second-order valence-electron chi connectivity index (χ2n) is 6.09. The summed E-state index contributed by atoms with van der Waals surface area (Å²) in [6.07, 6.45) is -0.860. The highest BCUT2D eigenvalue weighted by atomic mass is 16.5. The summed E-state index contributed by atoms with van der Waals surface area (Å²) in [4.78, 5) is 34.4. The number of benzene rings is 1. The zero-order valence-electron chi connectivity index (χ0n) is 13.7. The number of aliphatic carboxylic acids is 1. The summed E-state index contributed by atoms with van der Waals surface area (Å²) in [6, 6.07) is 7.17. The molecule has 0 spiro atoms. The third-order valence-corrected chi connectivity index (χ3v) is 3.80. The number of carbonyl (C=O) groups excluding carboxylic acids is 2. The van der Waals surface area contributed by atoms with Crippen molar-refractivity contribution in [2.45, 2.75) is 45.4 Å². The minimum absolute atomic E-state index is 0.0533. The molecule has 0 saturated carbocycles. The number of nitrogens with one attached hydrogen (secondary N) is 2. The highest BCUT2D eigenvalue weighted by Gasteiger charge is 2.34. The Morgan fingerprint density at radius 1 is 1.17 bits per heavy atom. The van der Waals surface area contributed by atoms with Gasteiger partial charge in [-0.05, 0) is 30.5 Å². The highest BCUT2D eigenvalue weighted by molar-refractivity contribution is 5.92. The summed E-state index contributed by atoms with van der Waals surface area (Å²) in [7, 11) is 0. The lowest BCUT2D eigenvalue weighted by Gasteiger charge is -2.12. The number of rotatable bonds is 6. The van der Waals surface area contributed by atoms with E-state index in [-0.39, 0.29) is 17.7 Å². The number of ether oxygens (including phenoxy) is 1. The Hall–Kier alpha value is -2.41. The molecule has 1 heterocycles. The van der Waals surface area contributed by atoms with E-state index in [0.29, 0.717) is 25.1 Å². The first-order chi connectivity index (χ1) is 11.4. The van der Waals surface area contributed by atoms with Gasteiger partial charge in [0.15, 0.2) is 6.10 Å². The molecule has 2 amide bonds. The van der Waals surface area contributed by atoms with Gasteiger partial charge in [0.2, 0.25) is 11.8 Å². The Bertz CT molecular complexity index is 612. The van der Waals surface area contributed by atoms with E-state index in [9.17, 15) is 14.4 Å². The van der Waals surface area contributed by atoms with Crippen LogP contribution in [0.5, 0.6) is 0 Å². The number of hydrogen-bond donors (Lipinski definition) is 3. The van der Waals surface area contributed by atoms with Gasteiger partial charge in [0.1, 0.15) is 6.10 Å². The van der Waals surface area contributed by atoms with Crippen molar-refractivity contribution >= 4 is 23.5 Å². The molecule has 1 aliphatic heterocycles. The van der Waals surface area contributed by atoms with Crippen LogP contribution in [0, 0.1) is 5.92 Å². The fourth-order valence-corrected chi connectivity index (χ4v) is 2.31. The van der Waals surface area contributed by atoms with E-state index in [1.54, 1.807) is 12.1 Å². The zero-order valence-corrected chi connectivity index (χ0v) is 13.7. The monoisotopic (exact) mass is 334 g/mol. The number of amides is 2. The number of carboxylic acid groups (broad SMARTS) is 1. The van der Waals surface area contributed by atoms with Crippen LogP contribution in [0.4, 0.5) is 5.69 Å². The van der Waals surface area contributed by atoms with E-state index < -0.39 is 18.2 Å². The maximum Gasteiger partial charge on any atom is 0.332 e. The Morgan fingerprint density at radius 3 is 2.33 bits per heavy atom. The van der Waals surface area contributed by atoms with E-state index in [4.69, 9.17) is 9.84 Å². The van der Waals surface area contributed by atoms with E-state index in [2.05, 4.69) is 10.6 Å². The van der Waals surface area contributed by atoms with Crippen molar-refractivity contribution in [3.8, 4) is 0 Å². The molecule has 1 aromatic carbocycles. The average molecular weight is 334 g/mol. The largest absolute Gasteiger partial charge is 0.479 e. The third kappa shape index (κ3) is 4.79. The summed E-state index contributed by atoms with van der Waals surface area (Å²) in [5, 5.41) is 14.4. The molecule has 0 aliphatic carbocycles. The third-order valence-electron chi connectivity index (χ3n) is 3.80. The van der Waals surface area contributed by atoms with Crippen molar-refractivity contribution in [3.63, 3.8) is 0 Å². The van der Waals surface area contributed by atoms with E-state index >= 15 is 0 Å². The molecule has 7 heteroatoms. The van der Waals surface area contributed by atoms with Crippen LogP contribution in [-0.2, 0) is 25.7 Å². The van der Waals surface area contributed by atoms with Gasteiger partial charge in [-0.2, -0.15) is 0 Å². The van der Waals surface area contributed by atoms with Crippen LogP contribution >= 0.6 is 0 Å². The van der Waals surface area contributed by atoms with Gasteiger partial charge in [-0.3, -0.25) is 9.59 Å². The van der Waals surface area contributed by atoms with Crippen LogP contribution in [0.25, 0.3) is 0 Å². The molecule has 1 aliphatic rings. The second kappa shape index (κ2) is 7.92. The average Bonchev–Trinajstić information content (AvgIpc) is 3.04. The van der Waals surface area contributed by atoms with Crippen molar-refractivity contribution in [1.82, 2.24) is 5.32 Å². The van der Waals surface area contributed by atoms with Gasteiger partial charge in [-0.25, -0.2) is 4.79 Å². The number of carboxylic acids is 1. The molecule has 2 atom stereocenters. The maximum absolute atomic E-state index is 12.0. The normalized spacial score (nSPS) is 20.0. The van der Waals surface area contributed by atoms with E-state index in [0.717, 1.165) is 5.56 Å². The molecular weight excluding hydrogens is 312 g/mol. The Kier molecular flexibility index (Phi) is 5.92. The summed E-state index contributed by atoms with van der Waals surface area (Å²) in [5.41, 5.74) is 1.57. The molecule has 0 unspecified atom stereocenters. The molecule has 0 bridgehead atoms. The molecule has 7 nitrogen and oxygen atoms in total. The van der Waals surface area contributed by atoms with Gasteiger partial charge in [-0.1, -0.05) is 26.0 Å². The van der Waals surface area contributed by atoms with Gasteiger partial charge >= 0.3 is 5.97 Å². The van der Waals surface area contributed by atoms with Gasteiger partial charge in [0, 0.05) is 18.2 Å². The summed E-state index contributed by atoms with van der Waals surface area (Å²) in [5.74, 6) is -1.49. The quantitative estimate of drug-likeness (QED) is 0.732. The maximum atomic E-state index is 12.0. The molecule has 24 heavy (non-hydrogen) atoms. The molecular formula is C17H22N2O5. The SMILES string of the molecule is CC(C)C(=O)Nc1ccc(CNC(=O)[C@@H]2CC[C@H](C(=O)O)O2)cc1. The fourth-order valence-electron chi connectivity index (χ4n) is 2.31. The lowest BCUT2D eigenvalue weighted by molar-refractivity contribution is -0.151. The zero-order chi connectivity index (χ0) is 17.7. The molecule has 2 rings (SSSR count). The minimum Gasteiger partial charge on any atom is -0.479 e. The molecule has 0 radical (unpaired) electrons. The van der Waals surface area contributed by atoms with Crippen LogP contribution in [0.3, 0.4) is 0 Å². The Labute approximate surface area is 140 Å². The van der Waals surface area contributed by atoms with Gasteiger partial charge in [0.25, 0.3) is 0 Å². The molecule has 1 fully saturated rings. The van der Waals surface area contributed by atoms with Crippen molar-refractivity contribution in [3.05, 3.63) is 29.8 Å². The Balaban J connectivity index is 1.81. The molecule has 0 aromatic heterocycles. The second-order valence-corrected chi connectivity index (χ2v) is 6.09. The number of hydrogen-bond acceptors (Lipinski definition) is 4. The van der Waals surface area contributed by atoms with Crippen molar-refractivity contribution in [1.29, 1.82) is 0 Å². The summed E-state index contributed by atoms with van der Waals surface area (Å²) >= 11 is 0. The van der Waals surface area contributed by atoms with Gasteiger partial charge < -0.3 is 20.5 Å². The van der Waals surface area contributed by atoms with Crippen LogP contribution in [-0.4, -0.2) is 35.1 Å². The predicted octanol–water partition coefficient (Wildman–Crippen LogP) is 1.53. The van der Waals surface area contributed by atoms with Crippen LogP contribution < -0.4 is 10.6 Å². The molecule has 3 N–H and O–H groups in total. The molecule has 130 valence electrons. The smallest absolute Gasteiger partial charge is 0.332 e. The van der Waals surface area contributed by atoms with Crippen LogP contribution in [0.2, 0.25) is 0 Å². The van der Waals surface area contributed by atoms with Crippen molar-refractivity contribution in [2.24, 2.45) is 5.92 Å². The minimum atomic E-state index is -1.04. The number of carbonyl (C=O) groups is 3. The van der Waals surface area contributed by atoms with Crippen LogP contribution in [0.1, 0.15) is 32.3 Å². The Morgan fingerprint density at radius 2 is 1.79 bits per heavy atom. The molecule has 1 saturated heterocycles. The topological polar surface area (TPSA) is 105 Å². The fraction of sp³-hybridized carbons (Fsp3) is 0.471. The highest BCUT2D eigenvalue weighted by Crippen LogP contribution is 2.20. The predicted molar refractivity (Wildman–Crippen MR) is 87.3 cm³/mol. The van der Waals surface area contributed by atoms with E-state index in [1.807, 2.05) is 26.0 Å². The molecule has 1 aromatic rings. The van der Waals surface area contributed by atoms with Crippen LogP contribution in [0.15, 0.2) is 24.3 Å². The standard InChI is InChI=1S/C17H22N2O5/c1-10(2)15(20)19-12-5-3-11(4-6-12)9-18-16(21)13-7-8-14(24-13)17(22)23/h3-6,10,13-14H,7-9H2,1-2H3,(H,18,21)(H,19,20)(H,22,23)/t13-,14+/m0/s1. The van der Waals surface area contributed by atoms with Crippen molar-refractivity contribution < 1.29 is 24.2 Å². The first kappa shape index (κ1) is 17.9. The number of anilines is 1. The van der Waals surface area contributed by atoms with Crippen molar-refractivity contribution in [2.75, 3.05) is 5.32 Å². The lowest BCUT2D eigenvalue weighted by atomic mass is 10.1. The summed E-state index contributed by atoms with van der Waals surface area (Å²) < 4.78 is 5.20. The first-order valence-corrected chi connectivity index (χ1v) is 7.92. The van der Waals surface area contributed by atoms with E-state index in [1.165, 1.54) is 0 Å². The first-order valence-electron chi connectivity index (χ1n) is 7.92. The van der Waals surface area contributed by atoms with Gasteiger partial charge in [-0.15, -0.1) is 0 Å². The summed E-state index contributed by atoms with van der Waals surface area (Å²) in [6.45, 7) is 3.95.